The predicted octanol–water partition coefficient (Wildman–Crippen LogP) is 3.34. The monoisotopic (exact) mass is 491 g/mol. The van der Waals surface area contributed by atoms with Crippen molar-refractivity contribution in [2.75, 3.05) is 26.1 Å². The van der Waals surface area contributed by atoms with Crippen LogP contribution < -0.4 is 20.1 Å². The standard InChI is InChI=1S/C20H18ClN5O6S/c1-31-15-9-12(14(26(29)30)10-16(15)32-2)19(28)23-20-25-24-17(33-20)7-8-22-18(27)11-5-3-4-6-13(11)21/h3-6,9-10H,7-8H2,1-2H3,(H,22,27)(H,23,25,28). The smallest absolute Gasteiger partial charge is 0.286 e. The van der Waals surface area contributed by atoms with E-state index in [1.165, 1.54) is 20.3 Å². The molecule has 11 nitrogen and oxygen atoms in total. The van der Waals surface area contributed by atoms with Crippen LogP contribution in [0, 0.1) is 10.1 Å². The van der Waals surface area contributed by atoms with Crippen LogP contribution in [0.1, 0.15) is 25.7 Å². The van der Waals surface area contributed by atoms with Crippen LogP contribution >= 0.6 is 22.9 Å². The van der Waals surface area contributed by atoms with Crippen LogP contribution in [0.3, 0.4) is 0 Å². The van der Waals surface area contributed by atoms with Gasteiger partial charge >= 0.3 is 0 Å². The van der Waals surface area contributed by atoms with E-state index in [9.17, 15) is 19.7 Å². The van der Waals surface area contributed by atoms with Gasteiger partial charge in [-0.25, -0.2) is 0 Å². The minimum Gasteiger partial charge on any atom is -0.493 e. The SMILES string of the molecule is COc1cc(C(=O)Nc2nnc(CCNC(=O)c3ccccc3Cl)s2)c([N+](=O)[O-])cc1OC. The minimum atomic E-state index is -0.752. The van der Waals surface area contributed by atoms with E-state index in [1.54, 1.807) is 24.3 Å². The van der Waals surface area contributed by atoms with Crippen molar-refractivity contribution in [2.24, 2.45) is 0 Å². The first kappa shape index (κ1) is 23.9. The Hall–Kier alpha value is -3.77. The van der Waals surface area contributed by atoms with E-state index in [2.05, 4.69) is 20.8 Å². The molecule has 0 bridgehead atoms. The maximum Gasteiger partial charge on any atom is 0.286 e. The maximum atomic E-state index is 12.7. The summed E-state index contributed by atoms with van der Waals surface area (Å²) in [6.07, 6.45) is 0.361. The largest absolute Gasteiger partial charge is 0.493 e. The molecule has 1 aromatic heterocycles. The number of methoxy groups -OCH3 is 2. The van der Waals surface area contributed by atoms with E-state index in [4.69, 9.17) is 21.1 Å². The molecule has 2 aromatic carbocycles. The summed E-state index contributed by atoms with van der Waals surface area (Å²) in [6, 6.07) is 9.01. The number of hydrogen-bond donors (Lipinski definition) is 2. The summed E-state index contributed by atoms with van der Waals surface area (Å²) in [6.45, 7) is 0.272. The first-order valence-corrected chi connectivity index (χ1v) is 10.6. The zero-order valence-corrected chi connectivity index (χ0v) is 19.0. The molecule has 0 saturated carbocycles. The summed E-state index contributed by atoms with van der Waals surface area (Å²) in [5.41, 5.74) is -0.306. The third-order valence-electron chi connectivity index (χ3n) is 4.37. The number of carbonyl (C=O) groups excluding carboxylic acids is 2. The Morgan fingerprint density at radius 3 is 2.45 bits per heavy atom. The van der Waals surface area contributed by atoms with E-state index in [-0.39, 0.29) is 34.6 Å². The van der Waals surface area contributed by atoms with Gasteiger partial charge in [-0.05, 0) is 12.1 Å². The van der Waals surface area contributed by atoms with E-state index >= 15 is 0 Å². The molecule has 2 amide bonds. The first-order valence-electron chi connectivity index (χ1n) is 9.41. The third-order valence-corrected chi connectivity index (χ3v) is 5.60. The van der Waals surface area contributed by atoms with Crippen molar-refractivity contribution in [2.45, 2.75) is 6.42 Å². The molecule has 0 spiro atoms. The molecule has 0 saturated heterocycles. The van der Waals surface area contributed by atoms with Gasteiger partial charge in [0.25, 0.3) is 17.5 Å². The number of halogens is 1. The van der Waals surface area contributed by atoms with Gasteiger partial charge in [-0.15, -0.1) is 10.2 Å². The number of aromatic nitrogens is 2. The lowest BCUT2D eigenvalue weighted by atomic mass is 10.1. The second kappa shape index (κ2) is 10.7. The predicted molar refractivity (Wildman–Crippen MR) is 122 cm³/mol. The van der Waals surface area contributed by atoms with Crippen molar-refractivity contribution in [1.29, 1.82) is 0 Å². The fraction of sp³-hybridized carbons (Fsp3) is 0.200. The summed E-state index contributed by atoms with van der Waals surface area (Å²) >= 11 is 7.09. The highest BCUT2D eigenvalue weighted by Gasteiger charge is 2.25. The Labute approximate surface area is 196 Å². The average Bonchev–Trinajstić information content (AvgIpc) is 3.25. The molecule has 0 aliphatic rings. The number of benzene rings is 2. The molecule has 13 heteroatoms. The topological polar surface area (TPSA) is 146 Å². The van der Waals surface area contributed by atoms with E-state index < -0.39 is 16.5 Å². The summed E-state index contributed by atoms with van der Waals surface area (Å²) < 4.78 is 10.2. The number of nitro benzene ring substituents is 1. The van der Waals surface area contributed by atoms with Gasteiger partial charge in [-0.3, -0.25) is 25.0 Å². The van der Waals surface area contributed by atoms with Gasteiger partial charge in [0, 0.05) is 19.0 Å². The number of carbonyl (C=O) groups is 2. The molecule has 1 heterocycles. The number of ether oxygens (including phenoxy) is 2. The number of amides is 2. The fourth-order valence-electron chi connectivity index (χ4n) is 2.79. The van der Waals surface area contributed by atoms with Crippen LogP contribution in [0.15, 0.2) is 36.4 Å². The molecule has 0 fully saturated rings. The molecule has 0 atom stereocenters. The van der Waals surface area contributed by atoms with Gasteiger partial charge in [0.2, 0.25) is 5.13 Å². The van der Waals surface area contributed by atoms with Gasteiger partial charge in [-0.1, -0.05) is 35.1 Å². The Morgan fingerprint density at radius 2 is 1.79 bits per heavy atom. The van der Waals surface area contributed by atoms with Crippen LogP contribution in [0.5, 0.6) is 11.5 Å². The van der Waals surface area contributed by atoms with Gasteiger partial charge in [0.1, 0.15) is 10.6 Å². The number of nitro groups is 1. The van der Waals surface area contributed by atoms with Crippen molar-refractivity contribution < 1.29 is 24.0 Å². The molecule has 3 rings (SSSR count). The van der Waals surface area contributed by atoms with Crippen LogP contribution in [0.25, 0.3) is 0 Å². The highest BCUT2D eigenvalue weighted by atomic mass is 35.5. The van der Waals surface area contributed by atoms with Gasteiger partial charge < -0.3 is 14.8 Å². The molecule has 0 aliphatic heterocycles. The summed E-state index contributed by atoms with van der Waals surface area (Å²) in [4.78, 5) is 35.6. The summed E-state index contributed by atoms with van der Waals surface area (Å²) in [5, 5.41) is 25.5. The normalized spacial score (nSPS) is 10.4. The number of nitrogens with zero attached hydrogens (tertiary/aromatic N) is 3. The van der Waals surface area contributed by atoms with Crippen LogP contribution in [0.4, 0.5) is 10.8 Å². The van der Waals surface area contributed by atoms with E-state index in [1.807, 2.05) is 0 Å². The van der Waals surface area contributed by atoms with Gasteiger partial charge in [-0.2, -0.15) is 0 Å². The van der Waals surface area contributed by atoms with Crippen molar-refractivity contribution in [3.63, 3.8) is 0 Å². The zero-order valence-electron chi connectivity index (χ0n) is 17.5. The van der Waals surface area contributed by atoms with Crippen molar-refractivity contribution in [3.05, 3.63) is 67.7 Å². The summed E-state index contributed by atoms with van der Waals surface area (Å²) in [5.74, 6) is -0.782. The Bertz CT molecular complexity index is 1200. The van der Waals surface area contributed by atoms with E-state index in [0.717, 1.165) is 17.4 Å². The van der Waals surface area contributed by atoms with Crippen LogP contribution in [-0.4, -0.2) is 47.7 Å². The summed E-state index contributed by atoms with van der Waals surface area (Å²) in [7, 11) is 2.69. The van der Waals surface area contributed by atoms with Crippen LogP contribution in [-0.2, 0) is 6.42 Å². The van der Waals surface area contributed by atoms with Crippen molar-refractivity contribution in [3.8, 4) is 11.5 Å². The molecule has 0 unspecified atom stereocenters. The van der Waals surface area contributed by atoms with E-state index in [0.29, 0.717) is 22.0 Å². The molecule has 0 aliphatic carbocycles. The molecular formula is C20H18ClN5O6S. The number of anilines is 1. The zero-order chi connectivity index (χ0) is 24.0. The van der Waals surface area contributed by atoms with Gasteiger partial charge in [0.05, 0.1) is 35.8 Å². The first-order chi connectivity index (χ1) is 15.8. The Morgan fingerprint density at radius 1 is 1.09 bits per heavy atom. The van der Waals surface area contributed by atoms with Crippen molar-refractivity contribution >= 4 is 45.6 Å². The highest BCUT2D eigenvalue weighted by molar-refractivity contribution is 7.15. The lowest BCUT2D eigenvalue weighted by Gasteiger charge is -2.10. The molecular weight excluding hydrogens is 474 g/mol. The number of hydrogen-bond acceptors (Lipinski definition) is 9. The van der Waals surface area contributed by atoms with Crippen molar-refractivity contribution in [1.82, 2.24) is 15.5 Å². The second-order valence-corrected chi connectivity index (χ2v) is 7.89. The Kier molecular flexibility index (Phi) is 7.74. The minimum absolute atomic E-state index is 0.123. The molecule has 3 aromatic rings. The molecule has 0 radical (unpaired) electrons. The lowest BCUT2D eigenvalue weighted by Crippen LogP contribution is -2.25. The third kappa shape index (κ3) is 5.73. The van der Waals surface area contributed by atoms with Gasteiger partial charge in [0.15, 0.2) is 11.5 Å². The molecule has 172 valence electrons. The molecule has 2 N–H and O–H groups in total. The Balaban J connectivity index is 1.65. The fourth-order valence-corrected chi connectivity index (χ4v) is 3.75. The molecule has 33 heavy (non-hydrogen) atoms. The highest BCUT2D eigenvalue weighted by Crippen LogP contribution is 2.35. The lowest BCUT2D eigenvalue weighted by molar-refractivity contribution is -0.385. The quantitative estimate of drug-likeness (QED) is 0.342. The number of rotatable bonds is 9. The average molecular weight is 492 g/mol. The second-order valence-electron chi connectivity index (χ2n) is 6.42. The van der Waals surface area contributed by atoms with Crippen LogP contribution in [0.2, 0.25) is 5.02 Å². The maximum absolute atomic E-state index is 12.7. The number of nitrogens with one attached hydrogen (secondary N) is 2.